The number of amides is 2. The number of hydrogen-bond acceptors (Lipinski definition) is 5. The molecule has 0 atom stereocenters. The van der Waals surface area contributed by atoms with Crippen LogP contribution in [0.3, 0.4) is 0 Å². The van der Waals surface area contributed by atoms with Crippen LogP contribution in [0, 0.1) is 0 Å². The standard InChI is InChI=1S/C18H16N4O3S/c1-12(23)19-13-4-2-5-14(10-13)20-17(24)11-22-18(25)8-7-15(21-22)16-6-3-9-26-16/h2-10H,11H2,1H3,(H,19,23)(H,20,24). The van der Waals surface area contributed by atoms with Crippen molar-refractivity contribution in [1.29, 1.82) is 0 Å². The van der Waals surface area contributed by atoms with E-state index in [9.17, 15) is 14.4 Å². The van der Waals surface area contributed by atoms with Gasteiger partial charge in [-0.2, -0.15) is 5.10 Å². The summed E-state index contributed by atoms with van der Waals surface area (Å²) in [5, 5.41) is 11.5. The van der Waals surface area contributed by atoms with Crippen LogP contribution in [0.15, 0.2) is 58.7 Å². The maximum Gasteiger partial charge on any atom is 0.267 e. The van der Waals surface area contributed by atoms with E-state index in [1.165, 1.54) is 24.3 Å². The van der Waals surface area contributed by atoms with E-state index in [1.54, 1.807) is 30.3 Å². The summed E-state index contributed by atoms with van der Waals surface area (Å²) in [6.07, 6.45) is 0. The normalized spacial score (nSPS) is 10.3. The maximum absolute atomic E-state index is 12.3. The molecule has 3 aromatic rings. The third-order valence-electron chi connectivity index (χ3n) is 3.40. The third-order valence-corrected chi connectivity index (χ3v) is 4.29. The molecule has 26 heavy (non-hydrogen) atoms. The molecular formula is C18H16N4O3S. The number of thiophene rings is 1. The SMILES string of the molecule is CC(=O)Nc1cccc(NC(=O)Cn2nc(-c3cccs3)ccc2=O)c1. The molecule has 0 saturated heterocycles. The van der Waals surface area contributed by atoms with Gasteiger partial charge in [0.1, 0.15) is 12.2 Å². The molecule has 0 aliphatic heterocycles. The van der Waals surface area contributed by atoms with Gasteiger partial charge in [-0.15, -0.1) is 11.3 Å². The third kappa shape index (κ3) is 4.42. The summed E-state index contributed by atoms with van der Waals surface area (Å²) in [6.45, 7) is 1.20. The van der Waals surface area contributed by atoms with Gasteiger partial charge < -0.3 is 10.6 Å². The molecule has 0 saturated carbocycles. The molecule has 0 fully saturated rings. The molecule has 2 heterocycles. The van der Waals surface area contributed by atoms with Gasteiger partial charge in [0.05, 0.1) is 4.88 Å². The van der Waals surface area contributed by atoms with E-state index >= 15 is 0 Å². The van der Waals surface area contributed by atoms with Gasteiger partial charge >= 0.3 is 0 Å². The van der Waals surface area contributed by atoms with E-state index < -0.39 is 0 Å². The fourth-order valence-electron chi connectivity index (χ4n) is 2.33. The van der Waals surface area contributed by atoms with Gasteiger partial charge in [0, 0.05) is 24.4 Å². The van der Waals surface area contributed by atoms with Crippen molar-refractivity contribution in [1.82, 2.24) is 9.78 Å². The van der Waals surface area contributed by atoms with Crippen molar-refractivity contribution in [2.75, 3.05) is 10.6 Å². The highest BCUT2D eigenvalue weighted by molar-refractivity contribution is 7.13. The Hall–Kier alpha value is -3.26. The zero-order valence-electron chi connectivity index (χ0n) is 13.9. The van der Waals surface area contributed by atoms with Crippen molar-refractivity contribution in [3.63, 3.8) is 0 Å². The van der Waals surface area contributed by atoms with Crippen LogP contribution in [-0.2, 0) is 16.1 Å². The second kappa shape index (κ2) is 7.75. The van der Waals surface area contributed by atoms with Crippen LogP contribution in [-0.4, -0.2) is 21.6 Å². The van der Waals surface area contributed by atoms with E-state index in [0.717, 1.165) is 9.56 Å². The van der Waals surface area contributed by atoms with Crippen molar-refractivity contribution in [2.24, 2.45) is 0 Å². The van der Waals surface area contributed by atoms with E-state index in [4.69, 9.17) is 0 Å². The molecular weight excluding hydrogens is 352 g/mol. The smallest absolute Gasteiger partial charge is 0.267 e. The zero-order chi connectivity index (χ0) is 18.5. The van der Waals surface area contributed by atoms with Gasteiger partial charge in [0.2, 0.25) is 11.8 Å². The lowest BCUT2D eigenvalue weighted by molar-refractivity contribution is -0.117. The number of nitrogens with one attached hydrogen (secondary N) is 2. The lowest BCUT2D eigenvalue weighted by Gasteiger charge is -2.09. The zero-order valence-corrected chi connectivity index (χ0v) is 14.7. The number of carbonyl (C=O) groups excluding carboxylic acids is 2. The van der Waals surface area contributed by atoms with E-state index in [2.05, 4.69) is 15.7 Å². The molecule has 0 unspecified atom stereocenters. The summed E-state index contributed by atoms with van der Waals surface area (Å²) in [5.41, 5.74) is 1.38. The van der Waals surface area contributed by atoms with E-state index in [-0.39, 0.29) is 23.9 Å². The minimum absolute atomic E-state index is 0.199. The van der Waals surface area contributed by atoms with Crippen LogP contribution in [0.4, 0.5) is 11.4 Å². The highest BCUT2D eigenvalue weighted by Gasteiger charge is 2.09. The minimum atomic E-state index is -0.386. The molecule has 3 rings (SSSR count). The first-order valence-corrected chi connectivity index (χ1v) is 8.69. The average molecular weight is 368 g/mol. The summed E-state index contributed by atoms with van der Waals surface area (Å²) < 4.78 is 1.13. The Morgan fingerprint density at radius 2 is 1.85 bits per heavy atom. The predicted octanol–water partition coefficient (Wildman–Crippen LogP) is 2.57. The van der Waals surface area contributed by atoms with Gasteiger partial charge in [-0.25, -0.2) is 4.68 Å². The van der Waals surface area contributed by atoms with Crippen LogP contribution in [0.25, 0.3) is 10.6 Å². The lowest BCUT2D eigenvalue weighted by Crippen LogP contribution is -2.29. The molecule has 1 aromatic carbocycles. The number of aromatic nitrogens is 2. The van der Waals surface area contributed by atoms with Crippen molar-refractivity contribution in [2.45, 2.75) is 13.5 Å². The molecule has 0 aliphatic rings. The number of carbonyl (C=O) groups is 2. The van der Waals surface area contributed by atoms with Crippen molar-refractivity contribution in [3.8, 4) is 10.6 Å². The molecule has 132 valence electrons. The van der Waals surface area contributed by atoms with E-state index in [0.29, 0.717) is 17.1 Å². The highest BCUT2D eigenvalue weighted by Crippen LogP contribution is 2.21. The number of hydrogen-bond donors (Lipinski definition) is 2. The number of anilines is 2. The second-order valence-electron chi connectivity index (χ2n) is 5.50. The molecule has 7 nitrogen and oxygen atoms in total. The van der Waals surface area contributed by atoms with Crippen LogP contribution >= 0.6 is 11.3 Å². The minimum Gasteiger partial charge on any atom is -0.326 e. The summed E-state index contributed by atoms with van der Waals surface area (Å²) in [5.74, 6) is -0.586. The molecule has 2 N–H and O–H groups in total. The molecule has 2 amide bonds. The van der Waals surface area contributed by atoms with E-state index in [1.807, 2.05) is 17.5 Å². The van der Waals surface area contributed by atoms with Gasteiger partial charge in [-0.05, 0) is 35.7 Å². The summed E-state index contributed by atoms with van der Waals surface area (Å²) in [6, 6.07) is 13.6. The Labute approximate surface area is 153 Å². The fourth-order valence-corrected chi connectivity index (χ4v) is 3.02. The Bertz CT molecular complexity index is 996. The van der Waals surface area contributed by atoms with Gasteiger partial charge in [-0.1, -0.05) is 12.1 Å². The number of nitrogens with zero attached hydrogens (tertiary/aromatic N) is 2. The predicted molar refractivity (Wildman–Crippen MR) is 101 cm³/mol. The first kappa shape index (κ1) is 17.6. The lowest BCUT2D eigenvalue weighted by atomic mass is 10.2. The largest absolute Gasteiger partial charge is 0.326 e. The Morgan fingerprint density at radius 3 is 2.54 bits per heavy atom. The van der Waals surface area contributed by atoms with Crippen LogP contribution in [0.2, 0.25) is 0 Å². The summed E-state index contributed by atoms with van der Waals surface area (Å²) in [7, 11) is 0. The van der Waals surface area contributed by atoms with Crippen molar-refractivity contribution < 1.29 is 9.59 Å². The monoisotopic (exact) mass is 368 g/mol. The molecule has 0 radical (unpaired) electrons. The summed E-state index contributed by atoms with van der Waals surface area (Å²) >= 11 is 1.51. The second-order valence-corrected chi connectivity index (χ2v) is 6.45. The van der Waals surface area contributed by atoms with Gasteiger partial charge in [0.25, 0.3) is 5.56 Å². The van der Waals surface area contributed by atoms with Gasteiger partial charge in [-0.3, -0.25) is 14.4 Å². The topological polar surface area (TPSA) is 93.1 Å². The quantitative estimate of drug-likeness (QED) is 0.724. The molecule has 2 aromatic heterocycles. The molecule has 8 heteroatoms. The molecule has 0 bridgehead atoms. The highest BCUT2D eigenvalue weighted by atomic mass is 32.1. The van der Waals surface area contributed by atoms with Gasteiger partial charge in [0.15, 0.2) is 0 Å². The number of benzene rings is 1. The maximum atomic E-state index is 12.3. The van der Waals surface area contributed by atoms with Crippen molar-refractivity contribution in [3.05, 3.63) is 64.3 Å². The van der Waals surface area contributed by atoms with Crippen molar-refractivity contribution >= 4 is 34.5 Å². The van der Waals surface area contributed by atoms with Crippen LogP contribution in [0.1, 0.15) is 6.92 Å². The van der Waals surface area contributed by atoms with Crippen LogP contribution in [0.5, 0.6) is 0 Å². The average Bonchev–Trinajstić information content (AvgIpc) is 3.11. The van der Waals surface area contributed by atoms with Crippen LogP contribution < -0.4 is 16.2 Å². The number of rotatable bonds is 5. The Morgan fingerprint density at radius 1 is 1.08 bits per heavy atom. The Balaban J connectivity index is 1.73. The Kier molecular flexibility index (Phi) is 5.23. The first-order valence-electron chi connectivity index (χ1n) is 7.81. The first-order chi connectivity index (χ1) is 12.5. The fraction of sp³-hybridized carbons (Fsp3) is 0.111. The molecule has 0 spiro atoms. The summed E-state index contributed by atoms with van der Waals surface area (Å²) in [4.78, 5) is 36.3. The molecule has 0 aliphatic carbocycles.